The summed E-state index contributed by atoms with van der Waals surface area (Å²) in [4.78, 5) is 10.4. The lowest BCUT2D eigenvalue weighted by Gasteiger charge is -2.05. The van der Waals surface area contributed by atoms with E-state index in [9.17, 15) is 10.1 Å². The van der Waals surface area contributed by atoms with Gasteiger partial charge in [0.1, 0.15) is 11.4 Å². The molecule has 1 aromatic carbocycles. The first-order chi connectivity index (χ1) is 8.08. The van der Waals surface area contributed by atoms with Crippen molar-refractivity contribution < 1.29 is 9.66 Å². The molecule has 6 nitrogen and oxygen atoms in total. The van der Waals surface area contributed by atoms with Gasteiger partial charge in [-0.15, -0.1) is 0 Å². The van der Waals surface area contributed by atoms with E-state index in [0.717, 1.165) is 12.1 Å². The number of anilines is 1. The normalized spacial score (nSPS) is 11.1. The molecule has 0 aromatic heterocycles. The second kappa shape index (κ2) is 5.83. The van der Waals surface area contributed by atoms with Crippen LogP contribution in [0.2, 0.25) is 0 Å². The average molecular weight is 237 g/mol. The summed E-state index contributed by atoms with van der Waals surface area (Å²) in [7, 11) is 1.46. The zero-order chi connectivity index (χ0) is 12.8. The molecular formula is C11H15N3O3. The molecule has 0 unspecified atom stereocenters. The highest BCUT2D eigenvalue weighted by Crippen LogP contribution is 2.28. The maximum atomic E-state index is 10.9. The highest BCUT2D eigenvalue weighted by atomic mass is 16.6. The van der Waals surface area contributed by atoms with Gasteiger partial charge in [0.15, 0.2) is 0 Å². The molecule has 0 aliphatic carbocycles. The van der Waals surface area contributed by atoms with Crippen LogP contribution in [0.1, 0.15) is 20.3 Å². The van der Waals surface area contributed by atoms with Crippen LogP contribution in [0, 0.1) is 10.1 Å². The Morgan fingerprint density at radius 2 is 2.29 bits per heavy atom. The van der Waals surface area contributed by atoms with Gasteiger partial charge in [-0.2, -0.15) is 5.10 Å². The van der Waals surface area contributed by atoms with Crippen molar-refractivity contribution in [3.63, 3.8) is 0 Å². The molecule has 17 heavy (non-hydrogen) atoms. The van der Waals surface area contributed by atoms with Crippen LogP contribution in [0.15, 0.2) is 23.3 Å². The summed E-state index contributed by atoms with van der Waals surface area (Å²) in [5.41, 5.74) is 3.85. The number of nitrogens with zero attached hydrogens (tertiary/aromatic N) is 2. The summed E-state index contributed by atoms with van der Waals surface area (Å²) in [5.74, 6) is 0.443. The van der Waals surface area contributed by atoms with E-state index in [1.807, 2.05) is 13.8 Å². The highest BCUT2D eigenvalue weighted by Gasteiger charge is 2.14. The number of hydrazone groups is 1. The molecule has 0 heterocycles. The molecule has 0 fully saturated rings. The standard InChI is InChI=1S/C11H15N3O3/c1-4-8(2)12-13-10-6-5-9(17-3)7-11(10)14(15)16/h5-7,13H,4H2,1-3H3/b12-8+. The van der Waals surface area contributed by atoms with Crippen molar-refractivity contribution in [2.24, 2.45) is 5.10 Å². The third kappa shape index (κ3) is 3.44. The molecule has 0 saturated heterocycles. The van der Waals surface area contributed by atoms with E-state index < -0.39 is 4.92 Å². The minimum atomic E-state index is -0.471. The smallest absolute Gasteiger partial charge is 0.297 e. The minimum Gasteiger partial charge on any atom is -0.496 e. The van der Waals surface area contributed by atoms with Crippen LogP contribution in [-0.2, 0) is 0 Å². The third-order valence-corrected chi connectivity index (χ3v) is 2.28. The van der Waals surface area contributed by atoms with Gasteiger partial charge in [-0.05, 0) is 25.5 Å². The lowest BCUT2D eigenvalue weighted by atomic mass is 10.2. The van der Waals surface area contributed by atoms with Gasteiger partial charge in [0.2, 0.25) is 0 Å². The van der Waals surface area contributed by atoms with Crippen molar-refractivity contribution >= 4 is 17.1 Å². The first kappa shape index (κ1) is 13.0. The number of benzene rings is 1. The van der Waals surface area contributed by atoms with Crippen molar-refractivity contribution in [1.29, 1.82) is 0 Å². The lowest BCUT2D eigenvalue weighted by Crippen LogP contribution is -2.00. The Morgan fingerprint density at radius 1 is 1.59 bits per heavy atom. The van der Waals surface area contributed by atoms with Gasteiger partial charge < -0.3 is 4.74 Å². The molecule has 92 valence electrons. The second-order valence-corrected chi connectivity index (χ2v) is 3.45. The topological polar surface area (TPSA) is 76.8 Å². The first-order valence-corrected chi connectivity index (χ1v) is 5.20. The summed E-state index contributed by atoms with van der Waals surface area (Å²) in [6.07, 6.45) is 0.789. The summed E-state index contributed by atoms with van der Waals surface area (Å²) < 4.78 is 4.94. The van der Waals surface area contributed by atoms with Gasteiger partial charge in [0, 0.05) is 5.71 Å². The fraction of sp³-hybridized carbons (Fsp3) is 0.364. The average Bonchev–Trinajstić information content (AvgIpc) is 2.35. The summed E-state index contributed by atoms with van der Waals surface area (Å²) in [6.45, 7) is 3.81. The van der Waals surface area contributed by atoms with Gasteiger partial charge in [0.05, 0.1) is 18.1 Å². The van der Waals surface area contributed by atoms with Crippen LogP contribution in [-0.4, -0.2) is 17.7 Å². The Balaban J connectivity index is 3.02. The van der Waals surface area contributed by atoms with Gasteiger partial charge in [-0.1, -0.05) is 6.92 Å². The van der Waals surface area contributed by atoms with Crippen molar-refractivity contribution in [3.8, 4) is 5.75 Å². The first-order valence-electron chi connectivity index (χ1n) is 5.20. The Bertz CT molecular complexity index is 444. The number of hydrogen-bond donors (Lipinski definition) is 1. The molecular weight excluding hydrogens is 222 g/mol. The zero-order valence-corrected chi connectivity index (χ0v) is 10.1. The summed E-state index contributed by atoms with van der Waals surface area (Å²) >= 11 is 0. The van der Waals surface area contributed by atoms with E-state index >= 15 is 0 Å². The molecule has 0 aliphatic rings. The molecule has 0 bridgehead atoms. The van der Waals surface area contributed by atoms with E-state index in [-0.39, 0.29) is 5.69 Å². The van der Waals surface area contributed by atoms with Crippen LogP contribution in [0.25, 0.3) is 0 Å². The molecule has 0 amide bonds. The van der Waals surface area contributed by atoms with E-state index in [1.165, 1.54) is 13.2 Å². The molecule has 1 aromatic rings. The van der Waals surface area contributed by atoms with Crippen LogP contribution >= 0.6 is 0 Å². The monoisotopic (exact) mass is 237 g/mol. The number of rotatable bonds is 5. The number of nitro groups is 1. The van der Waals surface area contributed by atoms with E-state index in [4.69, 9.17) is 4.74 Å². The van der Waals surface area contributed by atoms with Gasteiger partial charge >= 0.3 is 0 Å². The van der Waals surface area contributed by atoms with Crippen molar-refractivity contribution in [2.45, 2.75) is 20.3 Å². The van der Waals surface area contributed by atoms with Crippen LogP contribution in [0.3, 0.4) is 0 Å². The number of nitrogens with one attached hydrogen (secondary N) is 1. The molecule has 1 N–H and O–H groups in total. The molecule has 0 aliphatic heterocycles. The van der Waals surface area contributed by atoms with E-state index in [0.29, 0.717) is 11.4 Å². The maximum absolute atomic E-state index is 10.9. The quantitative estimate of drug-likeness (QED) is 0.485. The SMILES string of the molecule is CC/C(C)=N/Nc1ccc(OC)cc1[N+](=O)[O-]. The summed E-state index contributed by atoms with van der Waals surface area (Å²) in [6, 6.07) is 4.58. The Labute approximate surface area is 99.4 Å². The minimum absolute atomic E-state index is 0.0583. The second-order valence-electron chi connectivity index (χ2n) is 3.45. The number of methoxy groups -OCH3 is 1. The van der Waals surface area contributed by atoms with Crippen molar-refractivity contribution in [3.05, 3.63) is 28.3 Å². The van der Waals surface area contributed by atoms with Crippen LogP contribution in [0.5, 0.6) is 5.75 Å². The molecule has 0 saturated carbocycles. The fourth-order valence-corrected chi connectivity index (χ4v) is 1.12. The van der Waals surface area contributed by atoms with Crippen molar-refractivity contribution in [2.75, 3.05) is 12.5 Å². The van der Waals surface area contributed by atoms with Gasteiger partial charge in [-0.25, -0.2) is 0 Å². The number of nitro benzene ring substituents is 1. The maximum Gasteiger partial charge on any atom is 0.297 e. The predicted octanol–water partition coefficient (Wildman–Crippen LogP) is 2.80. The van der Waals surface area contributed by atoms with Gasteiger partial charge in [0.25, 0.3) is 5.69 Å². The predicted molar refractivity (Wildman–Crippen MR) is 66.7 cm³/mol. The summed E-state index contributed by atoms with van der Waals surface area (Å²) in [5, 5.41) is 14.9. The largest absolute Gasteiger partial charge is 0.496 e. The highest BCUT2D eigenvalue weighted by molar-refractivity contribution is 5.82. The zero-order valence-electron chi connectivity index (χ0n) is 10.1. The number of hydrogen-bond acceptors (Lipinski definition) is 5. The molecule has 0 atom stereocenters. The molecule has 6 heteroatoms. The molecule has 0 radical (unpaired) electrons. The van der Waals surface area contributed by atoms with E-state index in [1.54, 1.807) is 12.1 Å². The van der Waals surface area contributed by atoms with E-state index in [2.05, 4.69) is 10.5 Å². The Morgan fingerprint density at radius 3 is 2.82 bits per heavy atom. The molecule has 1 rings (SSSR count). The third-order valence-electron chi connectivity index (χ3n) is 2.28. The van der Waals surface area contributed by atoms with Crippen LogP contribution < -0.4 is 10.2 Å². The van der Waals surface area contributed by atoms with Crippen LogP contribution in [0.4, 0.5) is 11.4 Å². The number of ether oxygens (including phenoxy) is 1. The lowest BCUT2D eigenvalue weighted by molar-refractivity contribution is -0.384. The van der Waals surface area contributed by atoms with Gasteiger partial charge in [-0.3, -0.25) is 15.5 Å². The fourth-order valence-electron chi connectivity index (χ4n) is 1.12. The Kier molecular flexibility index (Phi) is 4.45. The molecule has 0 spiro atoms. The van der Waals surface area contributed by atoms with Crippen molar-refractivity contribution in [1.82, 2.24) is 0 Å². The Hall–Kier alpha value is -2.11.